The van der Waals surface area contributed by atoms with Gasteiger partial charge in [0.15, 0.2) is 5.78 Å². The molecular formula is C21H27ClN2O5. The van der Waals surface area contributed by atoms with E-state index in [-0.39, 0.29) is 17.7 Å². The SMILES string of the molecule is CN(C(=O)OCOC(=O)C1CCNCC1)[C@]1(c2ccccc2Cl)CCCCC1=O. The number of halogens is 1. The highest BCUT2D eigenvalue weighted by Gasteiger charge is 2.48. The lowest BCUT2D eigenvalue weighted by molar-refractivity contribution is -0.159. The summed E-state index contributed by atoms with van der Waals surface area (Å²) in [5, 5.41) is 3.61. The van der Waals surface area contributed by atoms with E-state index < -0.39 is 18.4 Å². The first-order valence-electron chi connectivity index (χ1n) is 10.0. The van der Waals surface area contributed by atoms with E-state index in [1.807, 2.05) is 0 Å². The van der Waals surface area contributed by atoms with Crippen LogP contribution in [0.25, 0.3) is 0 Å². The Hall–Kier alpha value is -2.12. The number of nitrogens with zero attached hydrogens (tertiary/aromatic N) is 1. The highest BCUT2D eigenvalue weighted by atomic mass is 35.5. The quantitative estimate of drug-likeness (QED) is 0.579. The Bertz CT molecular complexity index is 765. The van der Waals surface area contributed by atoms with Gasteiger partial charge < -0.3 is 14.8 Å². The molecule has 2 aliphatic rings. The van der Waals surface area contributed by atoms with Gasteiger partial charge in [-0.1, -0.05) is 29.8 Å². The number of esters is 1. The molecule has 29 heavy (non-hydrogen) atoms. The van der Waals surface area contributed by atoms with Gasteiger partial charge in [-0.05, 0) is 51.3 Å². The second-order valence-electron chi connectivity index (χ2n) is 7.55. The van der Waals surface area contributed by atoms with Gasteiger partial charge in [0.25, 0.3) is 0 Å². The number of ether oxygens (including phenoxy) is 2. The van der Waals surface area contributed by atoms with E-state index in [0.717, 1.165) is 25.9 Å². The Morgan fingerprint density at radius 3 is 2.62 bits per heavy atom. The molecular weight excluding hydrogens is 396 g/mol. The molecule has 3 rings (SSSR count). The zero-order valence-corrected chi connectivity index (χ0v) is 17.4. The maximum absolute atomic E-state index is 13.0. The summed E-state index contributed by atoms with van der Waals surface area (Å²) in [7, 11) is 1.53. The van der Waals surface area contributed by atoms with Crippen LogP contribution < -0.4 is 5.32 Å². The molecule has 1 amide bonds. The number of carbonyl (C=O) groups excluding carboxylic acids is 3. The number of benzene rings is 1. The van der Waals surface area contributed by atoms with Crippen molar-refractivity contribution in [1.29, 1.82) is 0 Å². The Kier molecular flexibility index (Phi) is 7.14. The summed E-state index contributed by atoms with van der Waals surface area (Å²) in [5.41, 5.74) is -0.579. The molecule has 0 unspecified atom stereocenters. The maximum atomic E-state index is 13.0. The van der Waals surface area contributed by atoms with E-state index in [2.05, 4.69) is 5.32 Å². The van der Waals surface area contributed by atoms with Crippen molar-refractivity contribution >= 4 is 29.4 Å². The fourth-order valence-corrected chi connectivity index (χ4v) is 4.49. The standard InChI is InChI=1S/C21H27ClN2O5/c1-24(20(27)29-14-28-19(26)15-9-12-23-13-10-15)21(11-5-4-8-18(21)25)16-6-2-3-7-17(16)22/h2-3,6-7,15,23H,4-5,8-14H2,1H3/t21-/m0/s1. The first-order valence-corrected chi connectivity index (χ1v) is 10.4. The Balaban J connectivity index is 1.68. The lowest BCUT2D eigenvalue weighted by atomic mass is 9.74. The topological polar surface area (TPSA) is 84.9 Å². The van der Waals surface area contributed by atoms with E-state index in [4.69, 9.17) is 21.1 Å². The first kappa shape index (κ1) is 21.6. The number of Topliss-reactive ketones (excluding diaryl/α,β-unsaturated/α-hetero) is 1. The third-order valence-corrected chi connectivity index (χ3v) is 6.21. The van der Waals surface area contributed by atoms with E-state index in [1.54, 1.807) is 24.3 Å². The summed E-state index contributed by atoms with van der Waals surface area (Å²) in [6.45, 7) is 1.06. The molecule has 1 aliphatic heterocycles. The molecule has 1 N–H and O–H groups in total. The molecule has 1 aliphatic carbocycles. The molecule has 1 aromatic rings. The van der Waals surface area contributed by atoms with Crippen LogP contribution in [0.1, 0.15) is 44.1 Å². The van der Waals surface area contributed by atoms with Gasteiger partial charge in [0, 0.05) is 24.1 Å². The molecule has 0 bridgehead atoms. The van der Waals surface area contributed by atoms with Crippen molar-refractivity contribution in [3.63, 3.8) is 0 Å². The number of rotatable bonds is 5. The van der Waals surface area contributed by atoms with Crippen LogP contribution in [0, 0.1) is 5.92 Å². The molecule has 1 saturated heterocycles. The summed E-state index contributed by atoms with van der Waals surface area (Å²) < 4.78 is 10.3. The van der Waals surface area contributed by atoms with Gasteiger partial charge in [-0.2, -0.15) is 0 Å². The maximum Gasteiger partial charge on any atom is 0.413 e. The van der Waals surface area contributed by atoms with Crippen LogP contribution in [0.2, 0.25) is 5.02 Å². The van der Waals surface area contributed by atoms with Crippen molar-refractivity contribution in [2.75, 3.05) is 26.9 Å². The molecule has 1 heterocycles. The van der Waals surface area contributed by atoms with Crippen LogP contribution in [-0.2, 0) is 24.6 Å². The second-order valence-corrected chi connectivity index (χ2v) is 7.95. The van der Waals surface area contributed by atoms with Crippen molar-refractivity contribution in [1.82, 2.24) is 10.2 Å². The smallest absolute Gasteiger partial charge is 0.413 e. The number of carbonyl (C=O) groups is 3. The van der Waals surface area contributed by atoms with Crippen molar-refractivity contribution in [2.24, 2.45) is 5.92 Å². The van der Waals surface area contributed by atoms with Gasteiger partial charge in [-0.15, -0.1) is 0 Å². The first-order chi connectivity index (χ1) is 14.0. The molecule has 1 atom stereocenters. The monoisotopic (exact) mass is 422 g/mol. The van der Waals surface area contributed by atoms with E-state index in [0.29, 0.717) is 36.3 Å². The molecule has 7 nitrogen and oxygen atoms in total. The van der Waals surface area contributed by atoms with Gasteiger partial charge >= 0.3 is 12.1 Å². The molecule has 8 heteroatoms. The van der Waals surface area contributed by atoms with Gasteiger partial charge in [-0.25, -0.2) is 4.79 Å². The predicted molar refractivity (Wildman–Crippen MR) is 107 cm³/mol. The number of amides is 1. The number of piperidine rings is 1. The summed E-state index contributed by atoms with van der Waals surface area (Å²) in [6, 6.07) is 7.06. The van der Waals surface area contributed by atoms with Crippen LogP contribution in [0.3, 0.4) is 0 Å². The van der Waals surface area contributed by atoms with Crippen LogP contribution in [0.4, 0.5) is 4.79 Å². The average molecular weight is 423 g/mol. The average Bonchev–Trinajstić information content (AvgIpc) is 2.74. The third kappa shape index (κ3) is 4.56. The van der Waals surface area contributed by atoms with Crippen LogP contribution in [0.5, 0.6) is 0 Å². The number of hydrogen-bond acceptors (Lipinski definition) is 6. The van der Waals surface area contributed by atoms with Gasteiger partial charge in [0.1, 0.15) is 5.54 Å². The van der Waals surface area contributed by atoms with Crippen LogP contribution in [0.15, 0.2) is 24.3 Å². The summed E-state index contributed by atoms with van der Waals surface area (Å²) >= 11 is 6.39. The molecule has 0 radical (unpaired) electrons. The minimum absolute atomic E-state index is 0.0667. The van der Waals surface area contributed by atoms with Crippen molar-refractivity contribution in [3.8, 4) is 0 Å². The van der Waals surface area contributed by atoms with E-state index >= 15 is 0 Å². The van der Waals surface area contributed by atoms with Gasteiger partial charge in [0.05, 0.1) is 5.92 Å². The highest BCUT2D eigenvalue weighted by Crippen LogP contribution is 2.42. The van der Waals surface area contributed by atoms with Crippen LogP contribution >= 0.6 is 11.6 Å². The van der Waals surface area contributed by atoms with E-state index in [1.165, 1.54) is 11.9 Å². The molecule has 1 saturated carbocycles. The fraction of sp³-hybridized carbons (Fsp3) is 0.571. The summed E-state index contributed by atoms with van der Waals surface area (Å²) in [6.07, 6.45) is 3.09. The normalized spacial score (nSPS) is 22.8. The number of ketones is 1. The summed E-state index contributed by atoms with van der Waals surface area (Å²) in [4.78, 5) is 39.2. The van der Waals surface area contributed by atoms with Crippen molar-refractivity contribution < 1.29 is 23.9 Å². The van der Waals surface area contributed by atoms with E-state index in [9.17, 15) is 14.4 Å². The molecule has 0 aromatic heterocycles. The number of hydrogen-bond donors (Lipinski definition) is 1. The number of nitrogens with one attached hydrogen (secondary N) is 1. The third-order valence-electron chi connectivity index (χ3n) is 5.88. The molecule has 158 valence electrons. The Morgan fingerprint density at radius 1 is 1.21 bits per heavy atom. The minimum Gasteiger partial charge on any atom is -0.428 e. The largest absolute Gasteiger partial charge is 0.428 e. The molecule has 2 fully saturated rings. The predicted octanol–water partition coefficient (Wildman–Crippen LogP) is 3.25. The number of likely N-dealkylation sites (N-methyl/N-ethyl adjacent to an activating group) is 1. The highest BCUT2D eigenvalue weighted by molar-refractivity contribution is 6.31. The zero-order chi connectivity index (χ0) is 20.9. The fourth-order valence-electron chi connectivity index (χ4n) is 4.20. The second kappa shape index (κ2) is 9.59. The molecule has 0 spiro atoms. The Morgan fingerprint density at radius 2 is 1.93 bits per heavy atom. The lowest BCUT2D eigenvalue weighted by Crippen LogP contribution is -2.54. The Labute approximate surface area is 175 Å². The minimum atomic E-state index is -1.17. The van der Waals surface area contributed by atoms with Gasteiger partial charge in [-0.3, -0.25) is 14.5 Å². The molecule has 1 aromatic carbocycles. The lowest BCUT2D eigenvalue weighted by Gasteiger charge is -2.43. The zero-order valence-electron chi connectivity index (χ0n) is 16.6. The van der Waals surface area contributed by atoms with Crippen LogP contribution in [-0.4, -0.2) is 49.7 Å². The van der Waals surface area contributed by atoms with Crippen molar-refractivity contribution in [3.05, 3.63) is 34.9 Å². The van der Waals surface area contributed by atoms with Crippen molar-refractivity contribution in [2.45, 2.75) is 44.1 Å². The summed E-state index contributed by atoms with van der Waals surface area (Å²) in [5.74, 6) is -0.610. The van der Waals surface area contributed by atoms with Gasteiger partial charge in [0.2, 0.25) is 6.79 Å².